The van der Waals surface area contributed by atoms with Gasteiger partial charge in [-0.2, -0.15) is 14.6 Å². The molecule has 0 spiro atoms. The Balaban J connectivity index is 1.56. The molecule has 9 nitrogen and oxygen atoms in total. The van der Waals surface area contributed by atoms with Gasteiger partial charge in [-0.05, 0) is 49.1 Å². The Morgan fingerprint density at radius 2 is 2.23 bits per heavy atom. The van der Waals surface area contributed by atoms with E-state index in [-0.39, 0.29) is 24.5 Å². The summed E-state index contributed by atoms with van der Waals surface area (Å²) in [6.07, 6.45) is 5.11. The molecule has 3 aromatic rings. The molecular weight excluding hydrogens is 444 g/mol. The van der Waals surface area contributed by atoms with E-state index in [0.29, 0.717) is 24.7 Å². The number of carbonyl (C=O) groups is 1. The first-order chi connectivity index (χ1) is 17.0. The van der Waals surface area contributed by atoms with Crippen molar-refractivity contribution in [1.29, 1.82) is 0 Å². The Hall–Kier alpha value is -3.43. The predicted molar refractivity (Wildman–Crippen MR) is 137 cm³/mol. The number of aromatic nitrogens is 3. The van der Waals surface area contributed by atoms with Crippen LogP contribution in [0.25, 0.3) is 5.65 Å². The molecule has 1 aliphatic heterocycles. The highest BCUT2D eigenvalue weighted by molar-refractivity contribution is 5.98. The number of piperidine rings is 1. The summed E-state index contributed by atoms with van der Waals surface area (Å²) in [4.78, 5) is 18.7. The fraction of sp³-hybridized carbons (Fsp3) is 0.423. The van der Waals surface area contributed by atoms with Crippen LogP contribution in [0.4, 0.5) is 11.5 Å². The zero-order chi connectivity index (χ0) is 24.8. The van der Waals surface area contributed by atoms with Gasteiger partial charge in [0.05, 0.1) is 12.8 Å². The molecule has 9 heteroatoms. The highest BCUT2D eigenvalue weighted by Crippen LogP contribution is 2.27. The van der Waals surface area contributed by atoms with Crippen LogP contribution < -0.4 is 15.4 Å². The topological polar surface area (TPSA) is 104 Å². The van der Waals surface area contributed by atoms with Crippen molar-refractivity contribution in [3.8, 4) is 5.88 Å². The molecule has 0 unspecified atom stereocenters. The van der Waals surface area contributed by atoms with E-state index < -0.39 is 0 Å². The number of benzene rings is 1. The first-order valence-corrected chi connectivity index (χ1v) is 12.1. The predicted octanol–water partition coefficient (Wildman–Crippen LogP) is 3.42. The molecule has 2 aromatic heterocycles. The van der Waals surface area contributed by atoms with Crippen molar-refractivity contribution >= 4 is 23.1 Å². The van der Waals surface area contributed by atoms with Crippen molar-refractivity contribution in [1.82, 2.24) is 19.5 Å². The van der Waals surface area contributed by atoms with Crippen molar-refractivity contribution in [2.24, 2.45) is 0 Å². The van der Waals surface area contributed by atoms with Crippen LogP contribution in [0.2, 0.25) is 0 Å². The third-order valence-electron chi connectivity index (χ3n) is 6.12. The quantitative estimate of drug-likeness (QED) is 0.384. The minimum Gasteiger partial charge on any atom is -0.473 e. The molecule has 1 amide bonds. The summed E-state index contributed by atoms with van der Waals surface area (Å²) < 4.78 is 8.15. The monoisotopic (exact) mass is 478 g/mol. The third kappa shape index (κ3) is 6.17. The first-order valence-electron chi connectivity index (χ1n) is 12.1. The van der Waals surface area contributed by atoms with Crippen molar-refractivity contribution in [3.63, 3.8) is 0 Å². The average Bonchev–Trinajstić information content (AvgIpc) is 3.28. The van der Waals surface area contributed by atoms with Gasteiger partial charge in [0.25, 0.3) is 0 Å². The van der Waals surface area contributed by atoms with Gasteiger partial charge in [-0.25, -0.2) is 0 Å². The summed E-state index contributed by atoms with van der Waals surface area (Å²) in [5.41, 5.74) is 3.54. The summed E-state index contributed by atoms with van der Waals surface area (Å²) in [7, 11) is 0. The molecule has 1 aromatic carbocycles. The Bertz CT molecular complexity index is 1170. The molecule has 4 rings (SSSR count). The highest BCUT2D eigenvalue weighted by Gasteiger charge is 2.22. The van der Waals surface area contributed by atoms with Gasteiger partial charge in [-0.3, -0.25) is 9.69 Å². The lowest BCUT2D eigenvalue weighted by atomic mass is 10.1. The first kappa shape index (κ1) is 24.7. The molecule has 1 saturated heterocycles. The Morgan fingerprint density at radius 3 is 3.00 bits per heavy atom. The van der Waals surface area contributed by atoms with Crippen LogP contribution in [0.5, 0.6) is 5.88 Å². The van der Waals surface area contributed by atoms with Gasteiger partial charge < -0.3 is 20.5 Å². The second-order valence-electron chi connectivity index (χ2n) is 9.12. The SMILES string of the molecule is C=CC(=O)Nc1cccc(CNc2cc(O[C@@H]3CCCN(CCO)C3)nc3c(C(C)C)cnn23)c1. The Morgan fingerprint density at radius 1 is 1.37 bits per heavy atom. The second kappa shape index (κ2) is 11.3. The molecule has 35 heavy (non-hydrogen) atoms. The van der Waals surface area contributed by atoms with Crippen LogP contribution in [-0.4, -0.2) is 62.9 Å². The third-order valence-corrected chi connectivity index (χ3v) is 6.12. The normalized spacial score (nSPS) is 16.4. The average molecular weight is 479 g/mol. The summed E-state index contributed by atoms with van der Waals surface area (Å²) in [5.74, 6) is 1.36. The van der Waals surface area contributed by atoms with Crippen LogP contribution in [-0.2, 0) is 11.3 Å². The highest BCUT2D eigenvalue weighted by atomic mass is 16.5. The largest absolute Gasteiger partial charge is 0.473 e. The molecule has 1 fully saturated rings. The number of hydrogen-bond acceptors (Lipinski definition) is 7. The minimum absolute atomic E-state index is 0.0219. The number of ether oxygens (including phenoxy) is 1. The van der Waals surface area contributed by atoms with Crippen LogP contribution in [0, 0.1) is 0 Å². The maximum atomic E-state index is 11.6. The standard InChI is InChI=1S/C26H34N6O3/c1-4-24(34)29-20-8-5-7-19(13-20)15-27-23-14-25(30-26-22(18(2)3)16-28-32(23)26)35-21-9-6-10-31(17-21)11-12-33/h4-5,7-8,13-14,16,18,21,27,33H,1,6,9-12,15,17H2,2-3H3,(H,29,34)/t21-/m1/s1. The number of nitrogens with zero attached hydrogens (tertiary/aromatic N) is 4. The maximum absolute atomic E-state index is 11.6. The van der Waals surface area contributed by atoms with Crippen molar-refractivity contribution in [3.05, 3.63) is 60.3 Å². The van der Waals surface area contributed by atoms with E-state index in [1.807, 2.05) is 41.0 Å². The second-order valence-corrected chi connectivity index (χ2v) is 9.12. The summed E-state index contributed by atoms with van der Waals surface area (Å²) in [6, 6.07) is 9.54. The summed E-state index contributed by atoms with van der Waals surface area (Å²) in [5, 5.41) is 20.1. The number of aliphatic hydroxyl groups is 1. The van der Waals surface area contributed by atoms with Gasteiger partial charge in [0.1, 0.15) is 11.9 Å². The lowest BCUT2D eigenvalue weighted by Crippen LogP contribution is -2.42. The van der Waals surface area contributed by atoms with Crippen molar-refractivity contribution < 1.29 is 14.6 Å². The van der Waals surface area contributed by atoms with Gasteiger partial charge >= 0.3 is 0 Å². The van der Waals surface area contributed by atoms with E-state index in [1.54, 1.807) is 0 Å². The molecule has 1 atom stereocenters. The summed E-state index contributed by atoms with van der Waals surface area (Å²) in [6.45, 7) is 10.8. The number of anilines is 2. The molecule has 0 radical (unpaired) electrons. The molecule has 0 bridgehead atoms. The number of likely N-dealkylation sites (tertiary alicyclic amines) is 1. The number of amides is 1. The molecule has 0 aliphatic carbocycles. The number of aliphatic hydroxyl groups excluding tert-OH is 1. The number of β-amino-alcohol motifs (C(OH)–C–C–N with tert-alkyl or cyclic N) is 1. The van der Waals surface area contributed by atoms with Crippen LogP contribution in [0.3, 0.4) is 0 Å². The lowest BCUT2D eigenvalue weighted by molar-refractivity contribution is -0.111. The number of hydrogen-bond donors (Lipinski definition) is 3. The van der Waals surface area contributed by atoms with E-state index in [1.165, 1.54) is 6.08 Å². The van der Waals surface area contributed by atoms with E-state index in [0.717, 1.165) is 48.5 Å². The molecule has 186 valence electrons. The van der Waals surface area contributed by atoms with Crippen molar-refractivity contribution in [2.75, 3.05) is 36.9 Å². The Kier molecular flexibility index (Phi) is 7.99. The van der Waals surface area contributed by atoms with E-state index in [2.05, 4.69) is 41.1 Å². The zero-order valence-corrected chi connectivity index (χ0v) is 20.4. The number of rotatable bonds is 10. The maximum Gasteiger partial charge on any atom is 0.247 e. The van der Waals surface area contributed by atoms with Gasteiger partial charge in [-0.1, -0.05) is 32.6 Å². The summed E-state index contributed by atoms with van der Waals surface area (Å²) >= 11 is 0. The Labute approximate surface area is 205 Å². The van der Waals surface area contributed by atoms with Crippen molar-refractivity contribution in [2.45, 2.75) is 45.3 Å². The van der Waals surface area contributed by atoms with Gasteiger partial charge in [0.2, 0.25) is 11.8 Å². The fourth-order valence-corrected chi connectivity index (χ4v) is 4.32. The minimum atomic E-state index is -0.245. The van der Waals surface area contributed by atoms with Gasteiger partial charge in [0, 0.05) is 37.0 Å². The van der Waals surface area contributed by atoms with Crippen LogP contribution in [0.15, 0.2) is 49.2 Å². The van der Waals surface area contributed by atoms with E-state index in [4.69, 9.17) is 9.72 Å². The fourth-order valence-electron chi connectivity index (χ4n) is 4.32. The molecule has 3 heterocycles. The molecular formula is C26H34N6O3. The van der Waals surface area contributed by atoms with Crippen LogP contribution >= 0.6 is 0 Å². The number of carbonyl (C=O) groups excluding carboxylic acids is 1. The molecule has 3 N–H and O–H groups in total. The van der Waals surface area contributed by atoms with E-state index >= 15 is 0 Å². The zero-order valence-electron chi connectivity index (χ0n) is 20.4. The molecule has 1 aliphatic rings. The number of nitrogens with one attached hydrogen (secondary N) is 2. The molecule has 0 saturated carbocycles. The van der Waals surface area contributed by atoms with Crippen LogP contribution in [0.1, 0.15) is 43.7 Å². The smallest absolute Gasteiger partial charge is 0.247 e. The van der Waals surface area contributed by atoms with Gasteiger partial charge in [-0.15, -0.1) is 0 Å². The van der Waals surface area contributed by atoms with E-state index in [9.17, 15) is 9.90 Å². The van der Waals surface area contributed by atoms with Gasteiger partial charge in [0.15, 0.2) is 5.65 Å². The number of fused-ring (bicyclic) bond motifs is 1. The lowest BCUT2D eigenvalue weighted by Gasteiger charge is -2.32.